The van der Waals surface area contributed by atoms with E-state index >= 15 is 0 Å². The van der Waals surface area contributed by atoms with Gasteiger partial charge in [0.1, 0.15) is 17.2 Å². The minimum absolute atomic E-state index is 0.322. The average molecular weight is 745 g/mol. The molecule has 0 bridgehead atoms. The molecule has 0 unspecified atom stereocenters. The first-order chi connectivity index (χ1) is 26.1. The summed E-state index contributed by atoms with van der Waals surface area (Å²) in [6.45, 7) is 33.3. The fraction of sp³-hybridized carbons (Fsp3) is 0.412. The summed E-state index contributed by atoms with van der Waals surface area (Å²) < 4.78 is 0. The zero-order valence-corrected chi connectivity index (χ0v) is 37.7. The Morgan fingerprint density at radius 3 is 0.630 bits per heavy atom. The molecule has 3 heteroatoms. The van der Waals surface area contributed by atoms with Crippen molar-refractivity contribution >= 4 is 0 Å². The van der Waals surface area contributed by atoms with E-state index in [4.69, 9.17) is 15.3 Å². The highest BCUT2D eigenvalue weighted by atomic mass is 16.3. The molecule has 54 heavy (non-hydrogen) atoms. The number of phenols is 3. The zero-order valence-electron chi connectivity index (χ0n) is 37.7. The van der Waals surface area contributed by atoms with E-state index in [0.29, 0.717) is 17.2 Å². The third kappa shape index (κ3) is 54.3. The molecule has 0 aliphatic rings. The number of para-hydroxylation sites is 3. The number of phenolic OH excluding ortho intramolecular Hbond substituents is 3. The van der Waals surface area contributed by atoms with Gasteiger partial charge >= 0.3 is 0 Å². The Morgan fingerprint density at radius 1 is 0.315 bits per heavy atom. The van der Waals surface area contributed by atoms with Crippen LogP contribution in [-0.4, -0.2) is 15.3 Å². The van der Waals surface area contributed by atoms with Gasteiger partial charge in [0.15, 0.2) is 0 Å². The van der Waals surface area contributed by atoms with Crippen molar-refractivity contribution in [2.45, 2.75) is 143 Å². The number of rotatable bonds is 2. The molecule has 0 radical (unpaired) electrons. The maximum absolute atomic E-state index is 8.63. The van der Waals surface area contributed by atoms with Gasteiger partial charge in [-0.15, -0.1) is 0 Å². The maximum atomic E-state index is 8.63. The molecule has 0 fully saturated rings. The van der Waals surface area contributed by atoms with E-state index in [1.54, 1.807) is 72.8 Å². The normalized spacial score (nSPS) is 7.85. The van der Waals surface area contributed by atoms with Gasteiger partial charge in [0, 0.05) is 0 Å². The first-order valence-electron chi connectivity index (χ1n) is 20.4. The molecule has 5 rings (SSSR count). The van der Waals surface area contributed by atoms with Crippen LogP contribution in [0.1, 0.15) is 138 Å². The molecule has 0 amide bonds. The molecular formula is C51H84O3. The summed E-state index contributed by atoms with van der Waals surface area (Å²) in [7, 11) is 0. The second kappa shape index (κ2) is 55.3. The summed E-state index contributed by atoms with van der Waals surface area (Å²) in [6, 6.07) is 43.4. The van der Waals surface area contributed by atoms with Crippen molar-refractivity contribution in [3.8, 4) is 17.2 Å². The lowest BCUT2D eigenvalue weighted by Gasteiger charge is -1.97. The van der Waals surface area contributed by atoms with Crippen molar-refractivity contribution in [3.63, 3.8) is 0 Å². The molecule has 5 aromatic rings. The highest BCUT2D eigenvalue weighted by Crippen LogP contribution is 2.06. The Morgan fingerprint density at radius 2 is 0.519 bits per heavy atom. The topological polar surface area (TPSA) is 60.7 Å². The second-order valence-electron chi connectivity index (χ2n) is 10.8. The van der Waals surface area contributed by atoms with Gasteiger partial charge in [0.25, 0.3) is 0 Å². The number of hydrogen-bond donors (Lipinski definition) is 3. The fourth-order valence-electron chi connectivity index (χ4n) is 3.10. The van der Waals surface area contributed by atoms with Gasteiger partial charge in [-0.25, -0.2) is 0 Å². The van der Waals surface area contributed by atoms with Crippen molar-refractivity contribution in [2.24, 2.45) is 0 Å². The van der Waals surface area contributed by atoms with E-state index in [0.717, 1.165) is 12.8 Å². The minimum atomic E-state index is 0.322. The standard InChI is InChI=1S/C10H14.C8H10.3C6H6O.3C3H8.3C2H6/c1-3-9-5-7-10(4-2)8-6-9;1-7-4-3-5-8(2)6-7;3*7-6-4-2-1-3-5-6;3*1-3-2;3*1-2/h5-8H,3-4H2,1-2H3;3-6H,1-2H3;3*1-5,7H;3*3H2,1-2H3;3*1-2H3. The van der Waals surface area contributed by atoms with Gasteiger partial charge in [-0.3, -0.25) is 0 Å². The third-order valence-electron chi connectivity index (χ3n) is 5.28. The molecule has 0 saturated heterocycles. The van der Waals surface area contributed by atoms with Crippen LogP contribution in [0.3, 0.4) is 0 Å². The van der Waals surface area contributed by atoms with E-state index in [9.17, 15) is 0 Å². The van der Waals surface area contributed by atoms with Gasteiger partial charge in [0.2, 0.25) is 0 Å². The smallest absolute Gasteiger partial charge is 0.115 e. The van der Waals surface area contributed by atoms with Crippen LogP contribution in [-0.2, 0) is 12.8 Å². The van der Waals surface area contributed by atoms with Crippen LogP contribution in [0.4, 0.5) is 0 Å². The highest BCUT2D eigenvalue weighted by Gasteiger charge is 1.88. The van der Waals surface area contributed by atoms with E-state index in [-0.39, 0.29) is 0 Å². The number of aromatic hydroxyl groups is 3. The van der Waals surface area contributed by atoms with E-state index in [2.05, 4.69) is 118 Å². The predicted molar refractivity (Wildman–Crippen MR) is 247 cm³/mol. The summed E-state index contributed by atoms with van der Waals surface area (Å²) in [5.41, 5.74) is 5.53. The second-order valence-corrected chi connectivity index (χ2v) is 10.8. The number of benzene rings is 5. The summed E-state index contributed by atoms with van der Waals surface area (Å²) >= 11 is 0. The number of aryl methyl sites for hydroxylation is 4. The van der Waals surface area contributed by atoms with Gasteiger partial charge < -0.3 is 15.3 Å². The van der Waals surface area contributed by atoms with E-state index in [1.807, 2.05) is 59.7 Å². The summed E-state index contributed by atoms with van der Waals surface area (Å²) in [5.74, 6) is 0.965. The van der Waals surface area contributed by atoms with Gasteiger partial charge in [-0.05, 0) is 74.2 Å². The number of hydrogen-bond acceptors (Lipinski definition) is 3. The van der Waals surface area contributed by atoms with Crippen LogP contribution in [0.25, 0.3) is 0 Å². The molecule has 0 aliphatic heterocycles. The van der Waals surface area contributed by atoms with Crippen LogP contribution in [0.2, 0.25) is 0 Å². The zero-order chi connectivity index (χ0) is 42.8. The lowest BCUT2D eigenvalue weighted by atomic mass is 10.1. The predicted octanol–water partition coefficient (Wildman–Crippen LogP) is 16.6. The third-order valence-corrected chi connectivity index (χ3v) is 5.28. The summed E-state index contributed by atoms with van der Waals surface area (Å²) in [6.07, 6.45) is 6.04. The fourth-order valence-corrected chi connectivity index (χ4v) is 3.10. The van der Waals surface area contributed by atoms with Crippen LogP contribution < -0.4 is 0 Å². The molecule has 0 heterocycles. The first kappa shape index (κ1) is 61.5. The Hall–Kier alpha value is -4.50. The van der Waals surface area contributed by atoms with Crippen LogP contribution >= 0.6 is 0 Å². The Balaban J connectivity index is -0.000000123. The van der Waals surface area contributed by atoms with Crippen LogP contribution in [0, 0.1) is 13.8 Å². The molecule has 0 spiro atoms. The summed E-state index contributed by atoms with van der Waals surface area (Å²) in [5, 5.41) is 25.9. The maximum Gasteiger partial charge on any atom is 0.115 e. The van der Waals surface area contributed by atoms with Gasteiger partial charge in [-0.2, -0.15) is 0 Å². The van der Waals surface area contributed by atoms with Crippen molar-refractivity contribution < 1.29 is 15.3 Å². The molecule has 3 N–H and O–H groups in total. The molecule has 0 aliphatic carbocycles. The molecule has 0 atom stereocenters. The Kier molecular flexibility index (Phi) is 63.0. The quantitative estimate of drug-likeness (QED) is 0.169. The van der Waals surface area contributed by atoms with Gasteiger partial charge in [-0.1, -0.05) is 230 Å². The molecule has 5 aromatic carbocycles. The first-order valence-corrected chi connectivity index (χ1v) is 20.4. The molecular weight excluding hydrogens is 661 g/mol. The summed E-state index contributed by atoms with van der Waals surface area (Å²) in [4.78, 5) is 0. The van der Waals surface area contributed by atoms with Crippen molar-refractivity contribution in [1.82, 2.24) is 0 Å². The van der Waals surface area contributed by atoms with E-state index < -0.39 is 0 Å². The van der Waals surface area contributed by atoms with Crippen LogP contribution in [0.5, 0.6) is 17.2 Å². The van der Waals surface area contributed by atoms with Crippen LogP contribution in [0.15, 0.2) is 140 Å². The molecule has 0 aromatic heterocycles. The lowest BCUT2D eigenvalue weighted by Crippen LogP contribution is -1.81. The largest absolute Gasteiger partial charge is 0.508 e. The molecule has 306 valence electrons. The average Bonchev–Trinajstić information content (AvgIpc) is 3.20. The lowest BCUT2D eigenvalue weighted by molar-refractivity contribution is 0.475. The monoisotopic (exact) mass is 745 g/mol. The Bertz CT molecular complexity index is 1150. The molecule has 0 saturated carbocycles. The Labute approximate surface area is 336 Å². The van der Waals surface area contributed by atoms with Crippen molar-refractivity contribution in [3.05, 3.63) is 162 Å². The molecule has 3 nitrogen and oxygen atoms in total. The SMILES string of the molecule is CC.CC.CC.CCC.CCC.CCC.CCc1ccc(CC)cc1.Cc1cccc(C)c1.Oc1ccccc1.Oc1ccccc1.Oc1ccccc1. The van der Waals surface area contributed by atoms with E-state index in [1.165, 1.54) is 41.5 Å². The van der Waals surface area contributed by atoms with Crippen molar-refractivity contribution in [2.75, 3.05) is 0 Å². The van der Waals surface area contributed by atoms with Gasteiger partial charge in [0.05, 0.1) is 0 Å². The minimum Gasteiger partial charge on any atom is -0.508 e. The highest BCUT2D eigenvalue weighted by molar-refractivity contribution is 5.23. The van der Waals surface area contributed by atoms with Crippen molar-refractivity contribution in [1.29, 1.82) is 0 Å².